The molecule has 0 aliphatic heterocycles. The molecule has 0 aliphatic carbocycles. The minimum Gasteiger partial charge on any atom is -0.493 e. The van der Waals surface area contributed by atoms with Crippen LogP contribution < -0.4 is 15.2 Å². The van der Waals surface area contributed by atoms with Crippen molar-refractivity contribution in [3.05, 3.63) is 58.0 Å². The van der Waals surface area contributed by atoms with Gasteiger partial charge in [0.25, 0.3) is 0 Å². The fraction of sp³-hybridized carbons (Fsp3) is 0.409. The summed E-state index contributed by atoms with van der Waals surface area (Å²) in [6, 6.07) is 4.74. The molecule has 1 heterocycles. The normalized spacial score (nSPS) is 13.7. The van der Waals surface area contributed by atoms with Crippen molar-refractivity contribution in [1.29, 1.82) is 0 Å². The molecular weight excluding hydrogens is 518 g/mol. The zero-order chi connectivity index (χ0) is 27.1. The summed E-state index contributed by atoms with van der Waals surface area (Å²) in [7, 11) is -2.49. The van der Waals surface area contributed by atoms with Crippen molar-refractivity contribution in [1.82, 2.24) is 9.13 Å². The Labute approximate surface area is 201 Å². The number of nitrogens with zero attached hydrogens (tertiary/aromatic N) is 2. The van der Waals surface area contributed by atoms with E-state index in [1.807, 2.05) is 0 Å². The predicted octanol–water partition coefficient (Wildman–Crippen LogP) is 4.43. The van der Waals surface area contributed by atoms with Gasteiger partial charge in [-0.1, -0.05) is 6.07 Å². The molecule has 14 heteroatoms. The van der Waals surface area contributed by atoms with Gasteiger partial charge in [-0.25, -0.2) is 13.2 Å². The molecule has 0 saturated heterocycles. The van der Waals surface area contributed by atoms with Gasteiger partial charge >= 0.3 is 18.0 Å². The summed E-state index contributed by atoms with van der Waals surface area (Å²) in [5.74, 6) is -0.264. The smallest absolute Gasteiger partial charge is 0.416 e. The lowest BCUT2D eigenvalue weighted by atomic mass is 10.1. The molecule has 2 aromatic carbocycles. The van der Waals surface area contributed by atoms with Crippen LogP contribution in [-0.2, 0) is 22.6 Å². The lowest BCUT2D eigenvalue weighted by Gasteiger charge is -2.20. The average Bonchev–Trinajstić information content (AvgIpc) is 3.00. The maximum Gasteiger partial charge on any atom is 0.416 e. The highest BCUT2D eigenvalue weighted by molar-refractivity contribution is 7.90. The van der Waals surface area contributed by atoms with Crippen molar-refractivity contribution >= 4 is 20.9 Å². The highest BCUT2D eigenvalue weighted by Gasteiger charge is 2.35. The quantitative estimate of drug-likeness (QED) is 0.395. The van der Waals surface area contributed by atoms with Crippen molar-refractivity contribution in [2.45, 2.75) is 31.9 Å². The van der Waals surface area contributed by atoms with Gasteiger partial charge in [-0.2, -0.15) is 26.3 Å². The summed E-state index contributed by atoms with van der Waals surface area (Å²) in [5.41, 5.74) is -3.34. The second-order valence-electron chi connectivity index (χ2n) is 8.01. The summed E-state index contributed by atoms with van der Waals surface area (Å²) >= 11 is 0. The van der Waals surface area contributed by atoms with Gasteiger partial charge in [-0.3, -0.25) is 9.13 Å². The molecule has 0 saturated carbocycles. The van der Waals surface area contributed by atoms with E-state index < -0.39 is 57.3 Å². The lowest BCUT2D eigenvalue weighted by molar-refractivity contribution is -0.140. The van der Waals surface area contributed by atoms with Crippen LogP contribution in [0.3, 0.4) is 0 Å². The molecule has 3 aromatic rings. The standard InChI is InChI=1S/C22H22F6N2O5S/c1-4-35-19-9-13(5-8-18(19)34-2)17(11-36(3,32)33)30-15-7-6-14(22(26,27)28)10-16(15)29(20(30)31)12-21(23,24)25/h5-10,17H,4,11-12H2,1-3H3/t17-/m0/s1. The number of aromatic nitrogens is 2. The molecule has 0 N–H and O–H groups in total. The van der Waals surface area contributed by atoms with Crippen LogP contribution in [0.1, 0.15) is 24.1 Å². The van der Waals surface area contributed by atoms with E-state index in [9.17, 15) is 39.6 Å². The maximum atomic E-state index is 13.3. The van der Waals surface area contributed by atoms with E-state index in [2.05, 4.69) is 0 Å². The third kappa shape index (κ3) is 5.97. The van der Waals surface area contributed by atoms with E-state index >= 15 is 0 Å². The summed E-state index contributed by atoms with van der Waals surface area (Å²) in [5, 5.41) is 0. The largest absolute Gasteiger partial charge is 0.493 e. The number of hydrogen-bond donors (Lipinski definition) is 0. The van der Waals surface area contributed by atoms with E-state index in [-0.39, 0.29) is 33.8 Å². The highest BCUT2D eigenvalue weighted by atomic mass is 32.2. The number of fused-ring (bicyclic) bond motifs is 1. The Bertz CT molecular complexity index is 1420. The first kappa shape index (κ1) is 27.4. The summed E-state index contributed by atoms with van der Waals surface area (Å²) in [6.45, 7) is 0.00422. The molecule has 0 amide bonds. The number of hydrogen-bond acceptors (Lipinski definition) is 5. The molecule has 0 aliphatic rings. The first-order valence-electron chi connectivity index (χ1n) is 10.4. The molecule has 0 radical (unpaired) electrons. The zero-order valence-corrected chi connectivity index (χ0v) is 20.1. The van der Waals surface area contributed by atoms with E-state index in [4.69, 9.17) is 9.47 Å². The van der Waals surface area contributed by atoms with Crippen LogP contribution in [-0.4, -0.2) is 49.5 Å². The van der Waals surface area contributed by atoms with E-state index in [0.717, 1.165) is 16.9 Å². The Hall–Kier alpha value is -3.16. The number of imidazole rings is 1. The molecule has 0 unspecified atom stereocenters. The molecule has 1 aromatic heterocycles. The second-order valence-corrected chi connectivity index (χ2v) is 10.2. The zero-order valence-electron chi connectivity index (χ0n) is 19.3. The molecular formula is C22H22F6N2O5S. The number of methoxy groups -OCH3 is 1. The number of sulfone groups is 1. The Kier molecular flexibility index (Phi) is 7.40. The number of rotatable bonds is 8. The van der Waals surface area contributed by atoms with Gasteiger partial charge in [-0.05, 0) is 42.8 Å². The van der Waals surface area contributed by atoms with Gasteiger partial charge in [0, 0.05) is 6.26 Å². The first-order valence-corrected chi connectivity index (χ1v) is 12.5. The lowest BCUT2D eigenvalue weighted by Crippen LogP contribution is -2.34. The number of halogens is 6. The van der Waals surface area contributed by atoms with Crippen LogP contribution in [0.2, 0.25) is 0 Å². The summed E-state index contributed by atoms with van der Waals surface area (Å²) in [4.78, 5) is 13.3. The van der Waals surface area contributed by atoms with Gasteiger partial charge < -0.3 is 9.47 Å². The Morgan fingerprint density at radius 3 is 2.17 bits per heavy atom. The number of alkyl halides is 6. The molecule has 36 heavy (non-hydrogen) atoms. The van der Waals surface area contributed by atoms with Gasteiger partial charge in [0.2, 0.25) is 0 Å². The average molecular weight is 540 g/mol. The number of ether oxygens (including phenoxy) is 2. The Balaban J connectivity index is 2.38. The van der Waals surface area contributed by atoms with Gasteiger partial charge in [0.1, 0.15) is 16.4 Å². The van der Waals surface area contributed by atoms with Crippen LogP contribution in [0.15, 0.2) is 41.2 Å². The summed E-state index contributed by atoms with van der Waals surface area (Å²) in [6.07, 6.45) is -8.95. The third-order valence-electron chi connectivity index (χ3n) is 5.27. The van der Waals surface area contributed by atoms with Crippen molar-refractivity contribution < 1.29 is 44.2 Å². The van der Waals surface area contributed by atoms with Crippen molar-refractivity contribution in [3.8, 4) is 11.5 Å². The van der Waals surface area contributed by atoms with E-state index in [0.29, 0.717) is 12.1 Å². The monoisotopic (exact) mass is 540 g/mol. The number of benzene rings is 2. The third-order valence-corrected chi connectivity index (χ3v) is 6.19. The van der Waals surface area contributed by atoms with E-state index in [1.54, 1.807) is 6.92 Å². The Morgan fingerprint density at radius 2 is 1.64 bits per heavy atom. The Morgan fingerprint density at radius 1 is 0.972 bits per heavy atom. The molecule has 1 atom stereocenters. The van der Waals surface area contributed by atoms with Gasteiger partial charge in [0.05, 0.1) is 42.1 Å². The van der Waals surface area contributed by atoms with Crippen molar-refractivity contribution in [2.24, 2.45) is 0 Å². The predicted molar refractivity (Wildman–Crippen MR) is 119 cm³/mol. The minimum atomic E-state index is -4.94. The minimum absolute atomic E-state index is 0.160. The second kappa shape index (κ2) is 9.71. The maximum absolute atomic E-state index is 13.3. The van der Waals surface area contributed by atoms with Crippen molar-refractivity contribution in [2.75, 3.05) is 25.7 Å². The van der Waals surface area contributed by atoms with Crippen LogP contribution in [0.25, 0.3) is 11.0 Å². The van der Waals surface area contributed by atoms with Crippen LogP contribution in [0, 0.1) is 0 Å². The van der Waals surface area contributed by atoms with Crippen LogP contribution in [0.4, 0.5) is 26.3 Å². The fourth-order valence-corrected chi connectivity index (χ4v) is 4.78. The molecule has 198 valence electrons. The topological polar surface area (TPSA) is 79.5 Å². The molecule has 0 fully saturated rings. The van der Waals surface area contributed by atoms with Gasteiger partial charge in [0.15, 0.2) is 11.5 Å². The van der Waals surface area contributed by atoms with Crippen molar-refractivity contribution in [3.63, 3.8) is 0 Å². The molecule has 0 bridgehead atoms. The summed E-state index contributed by atoms with van der Waals surface area (Å²) < 4.78 is 116. The highest BCUT2D eigenvalue weighted by Crippen LogP contribution is 2.35. The molecule has 7 nitrogen and oxygen atoms in total. The SMILES string of the molecule is CCOc1cc([C@H](CS(C)(=O)=O)n2c(=O)n(CC(F)(F)F)c3cc(C(F)(F)F)ccc32)ccc1OC. The molecule has 0 spiro atoms. The fourth-order valence-electron chi connectivity index (χ4n) is 3.86. The van der Waals surface area contributed by atoms with E-state index in [1.165, 1.54) is 25.3 Å². The van der Waals surface area contributed by atoms with Crippen LogP contribution >= 0.6 is 0 Å². The first-order chi connectivity index (χ1) is 16.6. The molecule has 3 rings (SSSR count). The van der Waals surface area contributed by atoms with Crippen LogP contribution in [0.5, 0.6) is 11.5 Å². The van der Waals surface area contributed by atoms with Gasteiger partial charge in [-0.15, -0.1) is 0 Å².